The van der Waals surface area contributed by atoms with E-state index in [0.29, 0.717) is 11.8 Å². The van der Waals surface area contributed by atoms with Crippen LogP contribution in [0.1, 0.15) is 19.4 Å². The standard InChI is InChI=1S/C7H10N2O2.C2H6.H3NO/c1-5-6(10-2)8-4-9-7(5)11-3;2*1-2/h4H,1-3H3;1-2H3;2H,1H2. The molecule has 0 saturated heterocycles. The van der Waals surface area contributed by atoms with Gasteiger partial charge in [0.1, 0.15) is 6.33 Å². The molecule has 0 radical (unpaired) electrons. The molecule has 0 aliphatic carbocycles. The maximum atomic E-state index is 6.50. The quantitative estimate of drug-likeness (QED) is 0.722. The van der Waals surface area contributed by atoms with Crippen LogP contribution in [0.25, 0.3) is 0 Å². The second kappa shape index (κ2) is 10.7. The fraction of sp³-hybridized carbons (Fsp3) is 0.556. The van der Waals surface area contributed by atoms with Crippen molar-refractivity contribution in [2.45, 2.75) is 20.8 Å². The van der Waals surface area contributed by atoms with Crippen molar-refractivity contribution in [3.8, 4) is 11.8 Å². The second-order valence-corrected chi connectivity index (χ2v) is 2.02. The first-order valence-corrected chi connectivity index (χ1v) is 4.45. The Balaban J connectivity index is 0. The van der Waals surface area contributed by atoms with Gasteiger partial charge in [-0.05, 0) is 6.92 Å². The van der Waals surface area contributed by atoms with Gasteiger partial charge in [0.2, 0.25) is 11.8 Å². The molecule has 0 aliphatic heterocycles. The maximum absolute atomic E-state index is 6.50. The summed E-state index contributed by atoms with van der Waals surface area (Å²) in [5.74, 6) is 4.61. The van der Waals surface area contributed by atoms with E-state index in [-0.39, 0.29) is 0 Å². The minimum Gasteiger partial charge on any atom is -0.481 e. The number of aromatic nitrogens is 2. The number of ether oxygens (including phenoxy) is 2. The van der Waals surface area contributed by atoms with Crippen LogP contribution in [0.2, 0.25) is 0 Å². The summed E-state index contributed by atoms with van der Waals surface area (Å²) >= 11 is 0. The molecule has 6 nitrogen and oxygen atoms in total. The number of hydrogen-bond donors (Lipinski definition) is 2. The van der Waals surface area contributed by atoms with Gasteiger partial charge in [-0.15, -0.1) is 0 Å². The lowest BCUT2D eigenvalue weighted by Crippen LogP contribution is -1.96. The van der Waals surface area contributed by atoms with Crippen molar-refractivity contribution in [3.05, 3.63) is 11.9 Å². The van der Waals surface area contributed by atoms with Crippen LogP contribution >= 0.6 is 0 Å². The largest absolute Gasteiger partial charge is 0.481 e. The Hall–Kier alpha value is -1.40. The molecule has 0 atom stereocenters. The predicted molar refractivity (Wildman–Crippen MR) is 57.2 cm³/mol. The zero-order valence-corrected chi connectivity index (χ0v) is 9.81. The van der Waals surface area contributed by atoms with Gasteiger partial charge < -0.3 is 14.7 Å². The third kappa shape index (κ3) is 5.14. The van der Waals surface area contributed by atoms with E-state index in [1.807, 2.05) is 20.8 Å². The van der Waals surface area contributed by atoms with Gasteiger partial charge in [-0.3, -0.25) is 0 Å². The van der Waals surface area contributed by atoms with Crippen molar-refractivity contribution in [2.75, 3.05) is 14.2 Å². The molecule has 1 aromatic rings. The molecule has 0 aliphatic rings. The molecular formula is C9H19N3O3. The van der Waals surface area contributed by atoms with E-state index in [9.17, 15) is 0 Å². The van der Waals surface area contributed by atoms with Gasteiger partial charge in [-0.2, -0.15) is 0 Å². The van der Waals surface area contributed by atoms with Crippen molar-refractivity contribution in [2.24, 2.45) is 5.90 Å². The third-order valence-corrected chi connectivity index (χ3v) is 1.38. The Labute approximate surface area is 90.0 Å². The Morgan fingerprint density at radius 3 is 1.67 bits per heavy atom. The zero-order valence-electron chi connectivity index (χ0n) is 9.81. The van der Waals surface area contributed by atoms with Crippen LogP contribution in [-0.2, 0) is 0 Å². The van der Waals surface area contributed by atoms with E-state index in [0.717, 1.165) is 5.56 Å². The smallest absolute Gasteiger partial charge is 0.222 e. The van der Waals surface area contributed by atoms with Gasteiger partial charge in [-0.1, -0.05) is 13.8 Å². The minimum absolute atomic E-state index is 0.553. The van der Waals surface area contributed by atoms with E-state index in [4.69, 9.17) is 14.7 Å². The van der Waals surface area contributed by atoms with E-state index < -0.39 is 0 Å². The van der Waals surface area contributed by atoms with E-state index in [1.165, 1.54) is 6.33 Å². The molecule has 6 heteroatoms. The fourth-order valence-corrected chi connectivity index (χ4v) is 0.830. The molecule has 3 N–H and O–H groups in total. The van der Waals surface area contributed by atoms with Gasteiger partial charge in [0, 0.05) is 0 Å². The highest BCUT2D eigenvalue weighted by molar-refractivity contribution is 5.32. The van der Waals surface area contributed by atoms with Crippen LogP contribution < -0.4 is 15.4 Å². The maximum Gasteiger partial charge on any atom is 0.222 e. The predicted octanol–water partition coefficient (Wildman–Crippen LogP) is 1.16. The first-order chi connectivity index (χ1) is 7.29. The first-order valence-electron chi connectivity index (χ1n) is 4.45. The molecule has 88 valence electrons. The summed E-state index contributed by atoms with van der Waals surface area (Å²) in [5, 5.41) is 6.50. The average Bonchev–Trinajstić information content (AvgIpc) is 2.34. The molecule has 1 aromatic heterocycles. The number of hydrogen-bond acceptors (Lipinski definition) is 6. The van der Waals surface area contributed by atoms with Crippen LogP contribution in [0.4, 0.5) is 0 Å². The van der Waals surface area contributed by atoms with E-state index in [1.54, 1.807) is 14.2 Å². The molecule has 1 rings (SSSR count). The molecule has 0 saturated carbocycles. The molecule has 0 spiro atoms. The minimum atomic E-state index is 0.553. The average molecular weight is 217 g/mol. The fourth-order valence-electron chi connectivity index (χ4n) is 0.830. The number of methoxy groups -OCH3 is 2. The second-order valence-electron chi connectivity index (χ2n) is 2.02. The normalized spacial score (nSPS) is 7.67. The number of nitrogens with zero attached hydrogens (tertiary/aromatic N) is 2. The first kappa shape index (κ1) is 16.0. The summed E-state index contributed by atoms with van der Waals surface area (Å²) in [4.78, 5) is 7.78. The molecule has 0 aromatic carbocycles. The topological polar surface area (TPSA) is 90.5 Å². The Kier molecular flexibility index (Phi) is 11.4. The summed E-state index contributed by atoms with van der Waals surface area (Å²) in [5.41, 5.74) is 0.817. The number of rotatable bonds is 2. The number of nitrogens with two attached hydrogens (primary N) is 1. The summed E-state index contributed by atoms with van der Waals surface area (Å²) in [7, 11) is 3.13. The zero-order chi connectivity index (χ0) is 12.3. The third-order valence-electron chi connectivity index (χ3n) is 1.38. The molecule has 1 heterocycles. The Bertz CT molecular complexity index is 234. The van der Waals surface area contributed by atoms with Gasteiger partial charge in [0.05, 0.1) is 19.8 Å². The Morgan fingerprint density at radius 2 is 1.40 bits per heavy atom. The highest BCUT2D eigenvalue weighted by atomic mass is 16.5. The van der Waals surface area contributed by atoms with Gasteiger partial charge in [0.15, 0.2) is 0 Å². The van der Waals surface area contributed by atoms with Crippen molar-refractivity contribution in [1.29, 1.82) is 0 Å². The lowest BCUT2D eigenvalue weighted by molar-refractivity contribution is 0.311. The van der Waals surface area contributed by atoms with E-state index in [2.05, 4.69) is 15.9 Å². The van der Waals surface area contributed by atoms with Crippen molar-refractivity contribution in [3.63, 3.8) is 0 Å². The highest BCUT2D eigenvalue weighted by Gasteiger charge is 2.05. The molecule has 0 fully saturated rings. The van der Waals surface area contributed by atoms with Crippen LogP contribution in [0.5, 0.6) is 11.8 Å². The van der Waals surface area contributed by atoms with Crippen molar-refractivity contribution >= 4 is 0 Å². The molecule has 0 bridgehead atoms. The summed E-state index contributed by atoms with van der Waals surface area (Å²) in [6, 6.07) is 0. The summed E-state index contributed by atoms with van der Waals surface area (Å²) in [6.07, 6.45) is 1.41. The SMILES string of the molecule is CC.COc1ncnc(OC)c1C.NO. The summed E-state index contributed by atoms with van der Waals surface area (Å²) < 4.78 is 9.91. The monoisotopic (exact) mass is 217 g/mol. The van der Waals surface area contributed by atoms with Crippen molar-refractivity contribution < 1.29 is 14.7 Å². The van der Waals surface area contributed by atoms with Gasteiger partial charge >= 0.3 is 0 Å². The molecule has 15 heavy (non-hydrogen) atoms. The summed E-state index contributed by atoms with van der Waals surface area (Å²) in [6.45, 7) is 5.84. The van der Waals surface area contributed by atoms with Crippen LogP contribution in [0, 0.1) is 6.92 Å². The Morgan fingerprint density at radius 1 is 1.07 bits per heavy atom. The van der Waals surface area contributed by atoms with E-state index >= 15 is 0 Å². The van der Waals surface area contributed by atoms with Crippen LogP contribution in [-0.4, -0.2) is 29.4 Å². The molecule has 0 amide bonds. The lowest BCUT2D eigenvalue weighted by Gasteiger charge is -2.05. The van der Waals surface area contributed by atoms with Gasteiger partial charge in [0.25, 0.3) is 0 Å². The lowest BCUT2D eigenvalue weighted by atomic mass is 10.3. The van der Waals surface area contributed by atoms with Gasteiger partial charge in [-0.25, -0.2) is 15.9 Å². The van der Waals surface area contributed by atoms with Crippen molar-refractivity contribution in [1.82, 2.24) is 9.97 Å². The molecule has 0 unspecified atom stereocenters. The van der Waals surface area contributed by atoms with Crippen LogP contribution in [0.15, 0.2) is 6.33 Å². The van der Waals surface area contributed by atoms with Crippen LogP contribution in [0.3, 0.4) is 0 Å². The highest BCUT2D eigenvalue weighted by Crippen LogP contribution is 2.20. The molecular weight excluding hydrogens is 198 g/mol.